The zero-order valence-corrected chi connectivity index (χ0v) is 14.8. The number of carboxylic acid groups (broad SMARTS) is 1. The molecule has 138 valence electrons. The number of carboxylic acids is 1. The maximum atomic E-state index is 12.8. The van der Waals surface area contributed by atoms with Crippen LogP contribution in [0.15, 0.2) is 30.6 Å². The molecule has 0 saturated heterocycles. The lowest BCUT2D eigenvalue weighted by Crippen LogP contribution is -2.76. The molecule has 1 aliphatic rings. The number of ether oxygens (including phenoxy) is 1. The van der Waals surface area contributed by atoms with E-state index in [-0.39, 0.29) is 12.5 Å². The van der Waals surface area contributed by atoms with Crippen LogP contribution in [0.3, 0.4) is 0 Å². The number of benzene rings is 1. The van der Waals surface area contributed by atoms with Gasteiger partial charge in [0.15, 0.2) is 0 Å². The molecule has 1 aliphatic carbocycles. The molecule has 1 amide bonds. The van der Waals surface area contributed by atoms with Gasteiger partial charge in [0.2, 0.25) is 0 Å². The second-order valence-corrected chi connectivity index (χ2v) is 6.84. The highest BCUT2D eigenvalue weighted by Crippen LogP contribution is 2.51. The van der Waals surface area contributed by atoms with Gasteiger partial charge in [0, 0.05) is 24.0 Å². The molecule has 9 nitrogen and oxygen atoms in total. The van der Waals surface area contributed by atoms with Crippen LogP contribution in [0.2, 0.25) is 0 Å². The van der Waals surface area contributed by atoms with Crippen molar-refractivity contribution in [1.29, 1.82) is 0 Å². The van der Waals surface area contributed by atoms with Crippen LogP contribution < -0.4 is 5.32 Å². The van der Waals surface area contributed by atoms with Crippen molar-refractivity contribution in [3.8, 4) is 5.69 Å². The number of carbonyl (C=O) groups excluding carboxylic acids is 1. The summed E-state index contributed by atoms with van der Waals surface area (Å²) in [5.74, 6) is -1.53. The van der Waals surface area contributed by atoms with Crippen molar-refractivity contribution in [3.05, 3.63) is 36.2 Å². The topological polar surface area (TPSA) is 119 Å². The maximum absolute atomic E-state index is 12.8. The standard InChI is InChI=1S/C17H21N5O4/c1-4-26-13-9-17(15(24)25,16(13,2)3)19-14(23)11-6-5-7-12(8-11)22-10-18-20-21-22/h5-8,10,13H,4,9H2,1-3H3,(H,19,23)(H,24,25). The Morgan fingerprint density at radius 1 is 1.42 bits per heavy atom. The molecule has 2 aromatic rings. The van der Waals surface area contributed by atoms with Crippen molar-refractivity contribution < 1.29 is 19.4 Å². The molecular formula is C17H21N5O4. The van der Waals surface area contributed by atoms with Gasteiger partial charge < -0.3 is 15.2 Å². The molecule has 1 fully saturated rings. The van der Waals surface area contributed by atoms with Crippen LogP contribution in [0.5, 0.6) is 0 Å². The van der Waals surface area contributed by atoms with Crippen molar-refractivity contribution in [2.24, 2.45) is 5.41 Å². The lowest BCUT2D eigenvalue weighted by atomic mass is 9.54. The molecule has 26 heavy (non-hydrogen) atoms. The first kappa shape index (κ1) is 18.0. The Hall–Kier alpha value is -2.81. The molecule has 0 spiro atoms. The second-order valence-electron chi connectivity index (χ2n) is 6.84. The minimum atomic E-state index is -1.38. The fraction of sp³-hybridized carbons (Fsp3) is 0.471. The van der Waals surface area contributed by atoms with E-state index in [4.69, 9.17) is 4.74 Å². The highest BCUT2D eigenvalue weighted by atomic mass is 16.5. The van der Waals surface area contributed by atoms with Crippen molar-refractivity contribution in [3.63, 3.8) is 0 Å². The monoisotopic (exact) mass is 359 g/mol. The zero-order chi connectivity index (χ0) is 18.9. The average molecular weight is 359 g/mol. The SMILES string of the molecule is CCOC1CC(NC(=O)c2cccc(-n3cnnn3)c2)(C(=O)O)C1(C)C. The van der Waals surface area contributed by atoms with Gasteiger partial charge >= 0.3 is 5.97 Å². The largest absolute Gasteiger partial charge is 0.479 e. The van der Waals surface area contributed by atoms with Gasteiger partial charge in [-0.3, -0.25) is 4.79 Å². The average Bonchev–Trinajstić information content (AvgIpc) is 3.15. The fourth-order valence-corrected chi connectivity index (χ4v) is 3.37. The first-order valence-corrected chi connectivity index (χ1v) is 8.33. The van der Waals surface area contributed by atoms with Gasteiger partial charge in [0.05, 0.1) is 11.8 Å². The summed E-state index contributed by atoms with van der Waals surface area (Å²) in [6.45, 7) is 5.94. The van der Waals surface area contributed by atoms with Crippen LogP contribution >= 0.6 is 0 Å². The molecular weight excluding hydrogens is 338 g/mol. The Morgan fingerprint density at radius 3 is 2.77 bits per heavy atom. The smallest absolute Gasteiger partial charge is 0.330 e. The van der Waals surface area contributed by atoms with Crippen molar-refractivity contribution >= 4 is 11.9 Å². The minimum Gasteiger partial charge on any atom is -0.479 e. The van der Waals surface area contributed by atoms with E-state index < -0.39 is 22.8 Å². The number of hydrogen-bond donors (Lipinski definition) is 2. The summed E-state index contributed by atoms with van der Waals surface area (Å²) in [4.78, 5) is 24.7. The summed E-state index contributed by atoms with van der Waals surface area (Å²) in [5.41, 5.74) is -1.19. The van der Waals surface area contributed by atoms with Crippen LogP contribution in [-0.2, 0) is 9.53 Å². The third kappa shape index (κ3) is 2.74. The molecule has 2 N–H and O–H groups in total. The first-order valence-electron chi connectivity index (χ1n) is 8.33. The van der Waals surface area contributed by atoms with Gasteiger partial charge in [-0.1, -0.05) is 19.9 Å². The van der Waals surface area contributed by atoms with Gasteiger partial charge in [-0.15, -0.1) is 5.10 Å². The lowest BCUT2D eigenvalue weighted by Gasteiger charge is -2.58. The molecule has 1 aromatic heterocycles. The Morgan fingerprint density at radius 2 is 2.19 bits per heavy atom. The van der Waals surface area contributed by atoms with E-state index in [1.54, 1.807) is 38.1 Å². The fourth-order valence-electron chi connectivity index (χ4n) is 3.37. The van der Waals surface area contributed by atoms with Crippen LogP contribution in [0, 0.1) is 5.41 Å². The quantitative estimate of drug-likeness (QED) is 0.791. The molecule has 1 saturated carbocycles. The minimum absolute atomic E-state index is 0.224. The maximum Gasteiger partial charge on any atom is 0.330 e. The van der Waals surface area contributed by atoms with Crippen molar-refractivity contribution in [2.45, 2.75) is 38.8 Å². The van der Waals surface area contributed by atoms with Crippen LogP contribution in [0.25, 0.3) is 5.69 Å². The normalized spacial score (nSPS) is 23.9. The number of aromatic nitrogens is 4. The number of nitrogens with zero attached hydrogens (tertiary/aromatic N) is 4. The molecule has 1 heterocycles. The van der Waals surface area contributed by atoms with E-state index in [1.807, 2.05) is 6.92 Å². The highest BCUT2D eigenvalue weighted by molar-refractivity contribution is 5.99. The van der Waals surface area contributed by atoms with Crippen molar-refractivity contribution in [2.75, 3.05) is 6.61 Å². The second kappa shape index (κ2) is 6.49. The molecule has 0 aliphatic heterocycles. The third-order valence-electron chi connectivity index (χ3n) is 5.18. The highest BCUT2D eigenvalue weighted by Gasteiger charge is 2.66. The number of tetrazole rings is 1. The number of carbonyl (C=O) groups is 2. The number of amides is 1. The van der Waals surface area contributed by atoms with Gasteiger partial charge in [0.25, 0.3) is 5.91 Å². The summed E-state index contributed by atoms with van der Waals surface area (Å²) < 4.78 is 7.03. The third-order valence-corrected chi connectivity index (χ3v) is 5.18. The van der Waals surface area contributed by atoms with Crippen LogP contribution in [0.1, 0.15) is 37.6 Å². The molecule has 9 heteroatoms. The van der Waals surface area contributed by atoms with Crippen molar-refractivity contribution in [1.82, 2.24) is 25.5 Å². The Balaban J connectivity index is 1.84. The number of nitrogens with one attached hydrogen (secondary N) is 1. The molecule has 0 radical (unpaired) electrons. The van der Waals surface area contributed by atoms with E-state index in [2.05, 4.69) is 20.8 Å². The van der Waals surface area contributed by atoms with Gasteiger partial charge in [0.1, 0.15) is 11.9 Å². The molecule has 2 unspecified atom stereocenters. The zero-order valence-electron chi connectivity index (χ0n) is 14.8. The summed E-state index contributed by atoms with van der Waals surface area (Å²) in [6.07, 6.45) is 1.41. The summed E-state index contributed by atoms with van der Waals surface area (Å²) in [6, 6.07) is 6.66. The Bertz CT molecular complexity index is 820. The van der Waals surface area contributed by atoms with Crippen LogP contribution in [-0.4, -0.2) is 55.4 Å². The molecule has 3 rings (SSSR count). The number of aliphatic carboxylic acids is 1. The molecule has 2 atom stereocenters. The van der Waals surface area contributed by atoms with Gasteiger partial charge in [-0.05, 0) is 35.5 Å². The predicted molar refractivity (Wildman–Crippen MR) is 90.8 cm³/mol. The number of rotatable bonds is 6. The summed E-state index contributed by atoms with van der Waals surface area (Å²) >= 11 is 0. The summed E-state index contributed by atoms with van der Waals surface area (Å²) in [5, 5.41) is 23.4. The Kier molecular flexibility index (Phi) is 4.49. The van der Waals surface area contributed by atoms with E-state index in [1.165, 1.54) is 11.0 Å². The van der Waals surface area contributed by atoms with E-state index >= 15 is 0 Å². The van der Waals surface area contributed by atoms with E-state index in [0.29, 0.717) is 17.9 Å². The van der Waals surface area contributed by atoms with Gasteiger partial charge in [-0.25, -0.2) is 9.48 Å². The molecule has 0 bridgehead atoms. The molecule has 1 aromatic carbocycles. The van der Waals surface area contributed by atoms with E-state index in [0.717, 1.165) is 0 Å². The Labute approximate surface area is 150 Å². The van der Waals surface area contributed by atoms with E-state index in [9.17, 15) is 14.7 Å². The first-order chi connectivity index (χ1) is 12.3. The lowest BCUT2D eigenvalue weighted by molar-refractivity contribution is -0.190. The number of hydrogen-bond acceptors (Lipinski definition) is 6. The predicted octanol–water partition coefficient (Wildman–Crippen LogP) is 1.05. The van der Waals surface area contributed by atoms with Crippen LogP contribution in [0.4, 0.5) is 0 Å². The summed E-state index contributed by atoms with van der Waals surface area (Å²) in [7, 11) is 0. The van der Waals surface area contributed by atoms with Gasteiger partial charge in [-0.2, -0.15) is 0 Å².